The van der Waals surface area contributed by atoms with Crippen LogP contribution in [0.2, 0.25) is 0 Å². The van der Waals surface area contributed by atoms with Crippen molar-refractivity contribution in [2.45, 2.75) is 19.5 Å². The van der Waals surface area contributed by atoms with Crippen LogP contribution in [0.25, 0.3) is 0 Å². The maximum Gasteiger partial charge on any atom is 0.128 e. The molecule has 16 heavy (non-hydrogen) atoms. The minimum atomic E-state index is -0.469. The third-order valence-corrected chi connectivity index (χ3v) is 2.61. The topological polar surface area (TPSA) is 43.8 Å². The van der Waals surface area contributed by atoms with Crippen LogP contribution in [0.15, 0.2) is 36.5 Å². The largest absolute Gasteiger partial charge is 0.319 e. The van der Waals surface area contributed by atoms with E-state index < -0.39 is 6.04 Å². The van der Waals surface area contributed by atoms with Crippen LogP contribution >= 0.6 is 0 Å². The fourth-order valence-corrected chi connectivity index (χ4v) is 1.76. The zero-order chi connectivity index (χ0) is 11.5. The lowest BCUT2D eigenvalue weighted by atomic mass is 10.0. The van der Waals surface area contributed by atoms with Crippen LogP contribution in [0.5, 0.6) is 0 Å². The molecule has 0 amide bonds. The average Bonchev–Trinajstić information content (AvgIpc) is 2.77. The molecule has 0 aliphatic rings. The molecule has 0 radical (unpaired) electrons. The predicted octanol–water partition coefficient (Wildman–Crippen LogP) is 2.09. The molecule has 0 saturated heterocycles. The molecular weight excluding hydrogens is 205 g/mol. The van der Waals surface area contributed by atoms with Gasteiger partial charge in [0.15, 0.2) is 0 Å². The second-order valence-corrected chi connectivity index (χ2v) is 3.57. The standard InChI is InChI=1S/C12H14FN3/c1-2-16-11(7-8-15-16)12(14)9-5-3-4-6-10(9)13/h3-8,12H,2,14H2,1H3. The molecule has 1 unspecified atom stereocenters. The third-order valence-electron chi connectivity index (χ3n) is 2.61. The van der Waals surface area contributed by atoms with Crippen molar-refractivity contribution >= 4 is 0 Å². The van der Waals surface area contributed by atoms with Gasteiger partial charge in [0.25, 0.3) is 0 Å². The number of benzene rings is 1. The van der Waals surface area contributed by atoms with Crippen LogP contribution in [0.1, 0.15) is 24.2 Å². The van der Waals surface area contributed by atoms with E-state index in [2.05, 4.69) is 5.10 Å². The van der Waals surface area contributed by atoms with E-state index in [0.29, 0.717) is 5.56 Å². The van der Waals surface area contributed by atoms with Crippen LogP contribution in [-0.2, 0) is 6.54 Å². The lowest BCUT2D eigenvalue weighted by Crippen LogP contribution is -2.18. The first kappa shape index (κ1) is 10.8. The summed E-state index contributed by atoms with van der Waals surface area (Å²) in [5, 5.41) is 4.13. The van der Waals surface area contributed by atoms with Gasteiger partial charge in [-0.15, -0.1) is 0 Å². The monoisotopic (exact) mass is 219 g/mol. The van der Waals surface area contributed by atoms with E-state index in [0.717, 1.165) is 12.2 Å². The normalized spacial score (nSPS) is 12.7. The molecule has 2 N–H and O–H groups in total. The Morgan fingerprint density at radius 1 is 1.38 bits per heavy atom. The summed E-state index contributed by atoms with van der Waals surface area (Å²) in [7, 11) is 0. The molecule has 3 nitrogen and oxygen atoms in total. The molecule has 84 valence electrons. The average molecular weight is 219 g/mol. The molecule has 1 aromatic heterocycles. The minimum absolute atomic E-state index is 0.279. The van der Waals surface area contributed by atoms with Crippen molar-refractivity contribution in [3.8, 4) is 0 Å². The van der Waals surface area contributed by atoms with E-state index in [1.165, 1.54) is 6.07 Å². The Balaban J connectivity index is 2.39. The van der Waals surface area contributed by atoms with Crippen molar-refractivity contribution in [2.24, 2.45) is 5.73 Å². The maximum atomic E-state index is 13.6. The van der Waals surface area contributed by atoms with Crippen molar-refractivity contribution < 1.29 is 4.39 Å². The van der Waals surface area contributed by atoms with Crippen LogP contribution in [-0.4, -0.2) is 9.78 Å². The Kier molecular flexibility index (Phi) is 3.01. The highest BCUT2D eigenvalue weighted by atomic mass is 19.1. The van der Waals surface area contributed by atoms with E-state index in [4.69, 9.17) is 5.73 Å². The highest BCUT2D eigenvalue weighted by Crippen LogP contribution is 2.21. The van der Waals surface area contributed by atoms with E-state index in [9.17, 15) is 4.39 Å². The number of hydrogen-bond acceptors (Lipinski definition) is 2. The SMILES string of the molecule is CCn1nccc1C(N)c1ccccc1F. The lowest BCUT2D eigenvalue weighted by molar-refractivity contribution is 0.568. The number of aromatic nitrogens is 2. The van der Waals surface area contributed by atoms with Crippen molar-refractivity contribution in [2.75, 3.05) is 0 Å². The predicted molar refractivity (Wildman–Crippen MR) is 60.3 cm³/mol. The Bertz CT molecular complexity index is 479. The summed E-state index contributed by atoms with van der Waals surface area (Å²) in [6.45, 7) is 2.70. The number of rotatable bonds is 3. The van der Waals surface area contributed by atoms with Gasteiger partial charge in [0.2, 0.25) is 0 Å². The summed E-state index contributed by atoms with van der Waals surface area (Å²) < 4.78 is 15.3. The summed E-state index contributed by atoms with van der Waals surface area (Å²) >= 11 is 0. The van der Waals surface area contributed by atoms with Crippen molar-refractivity contribution in [3.63, 3.8) is 0 Å². The number of nitrogens with two attached hydrogens (primary N) is 1. The summed E-state index contributed by atoms with van der Waals surface area (Å²) in [5.41, 5.74) is 7.36. The van der Waals surface area contributed by atoms with Crippen molar-refractivity contribution in [1.29, 1.82) is 0 Å². The van der Waals surface area contributed by atoms with Crippen LogP contribution in [0, 0.1) is 5.82 Å². The molecule has 1 aromatic carbocycles. The molecule has 0 spiro atoms. The second-order valence-electron chi connectivity index (χ2n) is 3.57. The van der Waals surface area contributed by atoms with E-state index >= 15 is 0 Å². The van der Waals surface area contributed by atoms with Crippen LogP contribution < -0.4 is 5.73 Å². The Morgan fingerprint density at radius 2 is 2.12 bits per heavy atom. The molecule has 4 heteroatoms. The summed E-state index contributed by atoms with van der Waals surface area (Å²) in [6, 6.07) is 7.91. The molecule has 2 aromatic rings. The Morgan fingerprint density at radius 3 is 2.81 bits per heavy atom. The molecule has 2 rings (SSSR count). The van der Waals surface area contributed by atoms with Gasteiger partial charge >= 0.3 is 0 Å². The second kappa shape index (κ2) is 4.45. The molecule has 0 saturated carbocycles. The molecular formula is C12H14FN3. The van der Waals surface area contributed by atoms with Gasteiger partial charge < -0.3 is 5.73 Å². The zero-order valence-electron chi connectivity index (χ0n) is 9.10. The first-order valence-corrected chi connectivity index (χ1v) is 5.25. The first-order valence-electron chi connectivity index (χ1n) is 5.25. The molecule has 0 fully saturated rings. The van der Waals surface area contributed by atoms with Crippen LogP contribution in [0.4, 0.5) is 4.39 Å². The lowest BCUT2D eigenvalue weighted by Gasteiger charge is -2.14. The number of halogens is 1. The van der Waals surface area contributed by atoms with E-state index in [-0.39, 0.29) is 5.82 Å². The van der Waals surface area contributed by atoms with Gasteiger partial charge in [-0.05, 0) is 19.1 Å². The van der Waals surface area contributed by atoms with Gasteiger partial charge in [-0.25, -0.2) is 4.39 Å². The number of hydrogen-bond donors (Lipinski definition) is 1. The number of nitrogens with zero attached hydrogens (tertiary/aromatic N) is 2. The Hall–Kier alpha value is -1.68. The quantitative estimate of drug-likeness (QED) is 0.859. The third kappa shape index (κ3) is 1.84. The summed E-state index contributed by atoms with van der Waals surface area (Å²) in [4.78, 5) is 0. The molecule has 0 bridgehead atoms. The van der Waals surface area contributed by atoms with Gasteiger partial charge in [-0.1, -0.05) is 18.2 Å². The van der Waals surface area contributed by atoms with Gasteiger partial charge in [0.05, 0.1) is 11.7 Å². The van der Waals surface area contributed by atoms with Gasteiger partial charge in [-0.3, -0.25) is 4.68 Å². The van der Waals surface area contributed by atoms with Gasteiger partial charge in [0.1, 0.15) is 5.82 Å². The van der Waals surface area contributed by atoms with Crippen molar-refractivity contribution in [3.05, 3.63) is 53.6 Å². The highest BCUT2D eigenvalue weighted by Gasteiger charge is 2.16. The van der Waals surface area contributed by atoms with Gasteiger partial charge in [-0.2, -0.15) is 5.10 Å². The Labute approximate surface area is 93.7 Å². The van der Waals surface area contributed by atoms with Gasteiger partial charge in [0, 0.05) is 18.3 Å². The number of aryl methyl sites for hydroxylation is 1. The van der Waals surface area contributed by atoms with Crippen molar-refractivity contribution in [1.82, 2.24) is 9.78 Å². The molecule has 0 aliphatic heterocycles. The first-order chi connectivity index (χ1) is 7.74. The molecule has 0 aliphatic carbocycles. The highest BCUT2D eigenvalue weighted by molar-refractivity contribution is 5.28. The van der Waals surface area contributed by atoms with E-state index in [1.807, 2.05) is 13.0 Å². The molecule has 1 atom stereocenters. The molecule has 1 heterocycles. The van der Waals surface area contributed by atoms with E-state index in [1.54, 1.807) is 29.1 Å². The minimum Gasteiger partial charge on any atom is -0.319 e. The summed E-state index contributed by atoms with van der Waals surface area (Å²) in [5.74, 6) is -0.279. The fraction of sp³-hybridized carbons (Fsp3) is 0.250. The smallest absolute Gasteiger partial charge is 0.128 e. The van der Waals surface area contributed by atoms with Crippen LogP contribution in [0.3, 0.4) is 0 Å². The zero-order valence-corrected chi connectivity index (χ0v) is 9.10. The fourth-order valence-electron chi connectivity index (χ4n) is 1.76. The maximum absolute atomic E-state index is 13.6. The summed E-state index contributed by atoms with van der Waals surface area (Å²) in [6.07, 6.45) is 1.68.